The van der Waals surface area contributed by atoms with Crippen LogP contribution >= 0.6 is 0 Å². The fourth-order valence-corrected chi connectivity index (χ4v) is 3.55. The van der Waals surface area contributed by atoms with Gasteiger partial charge in [-0.25, -0.2) is 0 Å². The highest BCUT2D eigenvalue weighted by Gasteiger charge is 2.28. The average Bonchev–Trinajstić information content (AvgIpc) is 3.10. The maximum atomic E-state index is 12.4. The number of nitrogens with zero attached hydrogens (tertiary/aromatic N) is 1. The number of nitrogens with one attached hydrogen (secondary N) is 3. The lowest BCUT2D eigenvalue weighted by atomic mass is 10.1. The van der Waals surface area contributed by atoms with Crippen LogP contribution in [0.25, 0.3) is 10.9 Å². The van der Waals surface area contributed by atoms with Crippen LogP contribution in [-0.4, -0.2) is 35.9 Å². The zero-order chi connectivity index (χ0) is 19.7. The number of hydrogen-bond donors (Lipinski definition) is 3. The molecule has 3 amide bonds. The van der Waals surface area contributed by atoms with Gasteiger partial charge in [0.2, 0.25) is 5.91 Å². The van der Waals surface area contributed by atoms with Gasteiger partial charge < -0.3 is 20.5 Å². The lowest BCUT2D eigenvalue weighted by Gasteiger charge is -2.26. The number of anilines is 1. The second kappa shape index (κ2) is 7.19. The van der Waals surface area contributed by atoms with Crippen LogP contribution in [0.3, 0.4) is 0 Å². The van der Waals surface area contributed by atoms with E-state index in [9.17, 15) is 14.4 Å². The highest BCUT2D eigenvalue weighted by atomic mass is 16.2. The van der Waals surface area contributed by atoms with Crippen LogP contribution in [0.1, 0.15) is 33.3 Å². The predicted octanol–water partition coefficient (Wildman–Crippen LogP) is 2.31. The molecule has 2 aromatic carbocycles. The van der Waals surface area contributed by atoms with Gasteiger partial charge >= 0.3 is 0 Å². The first-order valence-electron chi connectivity index (χ1n) is 9.07. The van der Waals surface area contributed by atoms with E-state index in [1.807, 2.05) is 34.9 Å². The van der Waals surface area contributed by atoms with Crippen molar-refractivity contribution in [2.24, 2.45) is 0 Å². The monoisotopic (exact) mass is 376 g/mol. The summed E-state index contributed by atoms with van der Waals surface area (Å²) in [5.41, 5.74) is 2.59. The first-order valence-corrected chi connectivity index (χ1v) is 9.07. The van der Waals surface area contributed by atoms with Crippen molar-refractivity contribution in [1.29, 1.82) is 0 Å². The Morgan fingerprint density at radius 1 is 1.14 bits per heavy atom. The summed E-state index contributed by atoms with van der Waals surface area (Å²) in [6, 6.07) is 16.1. The van der Waals surface area contributed by atoms with Crippen molar-refractivity contribution in [3.8, 4) is 0 Å². The molecule has 1 atom stereocenters. The minimum atomic E-state index is -0.195. The van der Waals surface area contributed by atoms with Crippen LogP contribution in [-0.2, 0) is 4.79 Å². The number of aromatic nitrogens is 1. The van der Waals surface area contributed by atoms with Crippen LogP contribution in [0.5, 0.6) is 0 Å². The Balaban J connectivity index is 1.67. The molecular weight excluding hydrogens is 356 g/mol. The third-order valence-electron chi connectivity index (χ3n) is 4.93. The van der Waals surface area contributed by atoms with Gasteiger partial charge in [-0.1, -0.05) is 18.2 Å². The largest absolute Gasteiger partial charge is 0.359 e. The fourth-order valence-electron chi connectivity index (χ4n) is 3.55. The molecule has 0 saturated carbocycles. The molecule has 1 aliphatic heterocycles. The Kier molecular flexibility index (Phi) is 4.57. The van der Waals surface area contributed by atoms with E-state index in [-0.39, 0.29) is 30.2 Å². The fraction of sp³-hybridized carbons (Fsp3) is 0.190. The Hall–Kier alpha value is -3.61. The highest BCUT2D eigenvalue weighted by Crippen LogP contribution is 2.30. The van der Waals surface area contributed by atoms with Gasteiger partial charge in [-0.2, -0.15) is 0 Å². The van der Waals surface area contributed by atoms with Gasteiger partial charge in [0.05, 0.1) is 6.04 Å². The molecule has 0 radical (unpaired) electrons. The van der Waals surface area contributed by atoms with Gasteiger partial charge in [-0.05, 0) is 36.4 Å². The minimum absolute atomic E-state index is 0.0827. The third-order valence-corrected chi connectivity index (χ3v) is 4.93. The van der Waals surface area contributed by atoms with Gasteiger partial charge in [0, 0.05) is 42.2 Å². The SMILES string of the molecule is CNC(=O)CC1CNC(=O)c2cc3cc(NC(=O)c4ccccc4)ccc3n21. The van der Waals surface area contributed by atoms with Crippen molar-refractivity contribution >= 4 is 34.3 Å². The molecule has 4 rings (SSSR count). The molecule has 7 heteroatoms. The molecule has 142 valence electrons. The van der Waals surface area contributed by atoms with Crippen molar-refractivity contribution in [3.63, 3.8) is 0 Å². The number of benzene rings is 2. The highest BCUT2D eigenvalue weighted by molar-refractivity contribution is 6.06. The number of hydrogen-bond acceptors (Lipinski definition) is 3. The Bertz CT molecular complexity index is 1070. The second-order valence-corrected chi connectivity index (χ2v) is 6.73. The molecule has 0 fully saturated rings. The predicted molar refractivity (Wildman–Crippen MR) is 106 cm³/mol. The lowest BCUT2D eigenvalue weighted by molar-refractivity contribution is -0.121. The molecule has 1 unspecified atom stereocenters. The van der Waals surface area contributed by atoms with E-state index in [0.29, 0.717) is 23.5 Å². The van der Waals surface area contributed by atoms with Crippen LogP contribution < -0.4 is 16.0 Å². The van der Waals surface area contributed by atoms with E-state index in [1.54, 1.807) is 31.3 Å². The summed E-state index contributed by atoms with van der Waals surface area (Å²) in [5, 5.41) is 9.18. The van der Waals surface area contributed by atoms with Crippen molar-refractivity contribution in [2.45, 2.75) is 12.5 Å². The van der Waals surface area contributed by atoms with Crippen molar-refractivity contribution in [2.75, 3.05) is 18.9 Å². The third kappa shape index (κ3) is 3.22. The first-order chi connectivity index (χ1) is 13.6. The summed E-state index contributed by atoms with van der Waals surface area (Å²) in [7, 11) is 1.60. The topological polar surface area (TPSA) is 92.2 Å². The van der Waals surface area contributed by atoms with Crippen molar-refractivity contribution in [3.05, 3.63) is 65.9 Å². The van der Waals surface area contributed by atoms with Crippen molar-refractivity contribution < 1.29 is 14.4 Å². The van der Waals surface area contributed by atoms with E-state index in [4.69, 9.17) is 0 Å². The van der Waals surface area contributed by atoms with E-state index in [1.165, 1.54) is 0 Å². The van der Waals surface area contributed by atoms with Crippen LogP contribution in [0.4, 0.5) is 5.69 Å². The van der Waals surface area contributed by atoms with E-state index < -0.39 is 0 Å². The summed E-state index contributed by atoms with van der Waals surface area (Å²) in [4.78, 5) is 36.5. The lowest BCUT2D eigenvalue weighted by Crippen LogP contribution is -2.40. The van der Waals surface area contributed by atoms with Gasteiger partial charge in [-0.15, -0.1) is 0 Å². The maximum Gasteiger partial charge on any atom is 0.268 e. The zero-order valence-electron chi connectivity index (χ0n) is 15.4. The molecule has 0 spiro atoms. The quantitative estimate of drug-likeness (QED) is 0.652. The average molecular weight is 376 g/mol. The first kappa shape index (κ1) is 17.8. The molecule has 3 N–H and O–H groups in total. The van der Waals surface area contributed by atoms with Gasteiger partial charge in [-0.3, -0.25) is 14.4 Å². The maximum absolute atomic E-state index is 12.4. The molecule has 7 nitrogen and oxygen atoms in total. The molecule has 0 bridgehead atoms. The molecule has 1 aromatic heterocycles. The molecule has 2 heterocycles. The van der Waals surface area contributed by atoms with Crippen LogP contribution in [0.2, 0.25) is 0 Å². The summed E-state index contributed by atoms with van der Waals surface area (Å²) in [5.74, 6) is -0.445. The number of carbonyl (C=O) groups excluding carboxylic acids is 3. The second-order valence-electron chi connectivity index (χ2n) is 6.73. The molecule has 3 aromatic rings. The van der Waals surface area contributed by atoms with E-state index in [2.05, 4.69) is 16.0 Å². The van der Waals surface area contributed by atoms with Gasteiger partial charge in [0.1, 0.15) is 5.69 Å². The van der Waals surface area contributed by atoms with E-state index in [0.717, 1.165) is 10.9 Å². The van der Waals surface area contributed by atoms with E-state index >= 15 is 0 Å². The molecule has 0 aliphatic carbocycles. The Morgan fingerprint density at radius 3 is 2.68 bits per heavy atom. The molecule has 0 saturated heterocycles. The summed E-state index contributed by atoms with van der Waals surface area (Å²) in [6.07, 6.45) is 0.278. The Labute approximate surface area is 161 Å². The number of rotatable bonds is 4. The molecular formula is C21H20N4O3. The Morgan fingerprint density at radius 2 is 1.93 bits per heavy atom. The van der Waals surface area contributed by atoms with Crippen LogP contribution in [0.15, 0.2) is 54.6 Å². The summed E-state index contributed by atoms with van der Waals surface area (Å²) >= 11 is 0. The number of amides is 3. The summed E-state index contributed by atoms with van der Waals surface area (Å²) < 4.78 is 1.91. The van der Waals surface area contributed by atoms with Crippen LogP contribution in [0, 0.1) is 0 Å². The summed E-state index contributed by atoms with van der Waals surface area (Å²) in [6.45, 7) is 0.398. The zero-order valence-corrected chi connectivity index (χ0v) is 15.4. The normalized spacial score (nSPS) is 15.6. The standard InChI is InChI=1S/C21H20N4O3/c1-22-19(26)11-16-12-23-21(28)18-10-14-9-15(7-8-17(14)25(16)18)24-20(27)13-5-3-2-4-6-13/h2-10,16H,11-12H2,1H3,(H,22,26)(H,23,28)(H,24,27). The number of fused-ring (bicyclic) bond motifs is 3. The minimum Gasteiger partial charge on any atom is -0.359 e. The smallest absolute Gasteiger partial charge is 0.268 e. The number of carbonyl (C=O) groups is 3. The molecule has 28 heavy (non-hydrogen) atoms. The van der Waals surface area contributed by atoms with Crippen molar-refractivity contribution in [1.82, 2.24) is 15.2 Å². The molecule has 1 aliphatic rings. The van der Waals surface area contributed by atoms with Gasteiger partial charge in [0.25, 0.3) is 11.8 Å². The van der Waals surface area contributed by atoms with Gasteiger partial charge in [0.15, 0.2) is 0 Å².